The lowest BCUT2D eigenvalue weighted by molar-refractivity contribution is -0.117. The molecule has 4 aromatic rings. The predicted octanol–water partition coefficient (Wildman–Crippen LogP) is 4.84. The van der Waals surface area contributed by atoms with Gasteiger partial charge in [-0.3, -0.25) is 14.5 Å². The molecule has 4 amide bonds. The van der Waals surface area contributed by atoms with E-state index in [0.717, 1.165) is 33.0 Å². The number of para-hydroxylation sites is 2. The van der Waals surface area contributed by atoms with Crippen LogP contribution in [-0.4, -0.2) is 36.0 Å². The van der Waals surface area contributed by atoms with Crippen LogP contribution < -0.4 is 20.0 Å². The third kappa shape index (κ3) is 4.39. The molecule has 3 heterocycles. The normalized spacial score (nSPS) is 14.3. The monoisotopic (exact) mass is 537 g/mol. The largest absolute Gasteiger partial charge is 0.345 e. The summed E-state index contributed by atoms with van der Waals surface area (Å²) in [6.07, 6.45) is 2.03. The number of anilines is 3. The lowest BCUT2D eigenvalue weighted by Crippen LogP contribution is -2.50. The van der Waals surface area contributed by atoms with Gasteiger partial charge in [-0.05, 0) is 66.1 Å². The average molecular weight is 538 g/mol. The highest BCUT2D eigenvalue weighted by Gasteiger charge is 2.33. The zero-order valence-corrected chi connectivity index (χ0v) is 22.2. The van der Waals surface area contributed by atoms with Gasteiger partial charge < -0.3 is 19.7 Å². The first kappa shape index (κ1) is 25.4. The number of hydrogen-bond acceptors (Lipinski definition) is 3. The van der Waals surface area contributed by atoms with Crippen LogP contribution in [0.1, 0.15) is 32.7 Å². The minimum atomic E-state index is -0.576. The number of carbonyl (C=O) groups is 3. The van der Waals surface area contributed by atoms with Crippen LogP contribution in [0.15, 0.2) is 79.0 Å². The Morgan fingerprint density at radius 1 is 0.900 bits per heavy atom. The Labute approximate surface area is 231 Å². The van der Waals surface area contributed by atoms with Crippen molar-refractivity contribution in [2.75, 3.05) is 28.3 Å². The van der Waals surface area contributed by atoms with Gasteiger partial charge in [0.05, 0.1) is 12.2 Å². The summed E-state index contributed by atoms with van der Waals surface area (Å²) in [5, 5.41) is 2.81. The standard InChI is InChI=1S/C31H28FN5O3/c1-20-15-21(30(39)36-18-24-8-6-14-35(24)17-23-7-3-4-10-26(23)36)12-13-22(20)16-33-31(40)37-19-28(38)34(2)27-11-5-9-25(32)29(27)37/h3-15H,16-19H2,1-2H3,(H,33,40). The van der Waals surface area contributed by atoms with Gasteiger partial charge in [-0.25, -0.2) is 9.18 Å². The predicted molar refractivity (Wildman–Crippen MR) is 151 cm³/mol. The van der Waals surface area contributed by atoms with Crippen molar-refractivity contribution in [3.63, 3.8) is 0 Å². The average Bonchev–Trinajstić information content (AvgIpc) is 3.32. The maximum absolute atomic E-state index is 14.7. The molecule has 9 heteroatoms. The number of benzene rings is 3. The van der Waals surface area contributed by atoms with Crippen molar-refractivity contribution in [3.8, 4) is 0 Å². The summed E-state index contributed by atoms with van der Waals surface area (Å²) in [4.78, 5) is 43.6. The number of fused-ring (bicyclic) bond motifs is 3. The van der Waals surface area contributed by atoms with Crippen LogP contribution in [0, 0.1) is 12.7 Å². The Kier molecular flexibility index (Phi) is 6.34. The molecule has 202 valence electrons. The third-order valence-electron chi connectivity index (χ3n) is 7.64. The van der Waals surface area contributed by atoms with Gasteiger partial charge in [0.1, 0.15) is 18.0 Å². The minimum absolute atomic E-state index is 0.0728. The van der Waals surface area contributed by atoms with Crippen LogP contribution in [-0.2, 0) is 24.4 Å². The number of amides is 4. The molecular weight excluding hydrogens is 509 g/mol. The van der Waals surface area contributed by atoms with E-state index in [0.29, 0.717) is 24.3 Å². The SMILES string of the molecule is Cc1cc(C(=O)N2Cc3cccn3Cc3ccccc32)ccc1CNC(=O)N1CC(=O)N(C)c2cccc(F)c21. The number of aromatic nitrogens is 1. The van der Waals surface area contributed by atoms with E-state index < -0.39 is 11.8 Å². The number of hydrogen-bond donors (Lipinski definition) is 1. The van der Waals surface area contributed by atoms with Crippen molar-refractivity contribution in [1.82, 2.24) is 9.88 Å². The second-order valence-electron chi connectivity index (χ2n) is 10.1. The Morgan fingerprint density at radius 3 is 2.52 bits per heavy atom. The molecule has 6 rings (SSSR count). The van der Waals surface area contributed by atoms with Gasteiger partial charge in [0.25, 0.3) is 5.91 Å². The molecule has 1 aromatic heterocycles. The van der Waals surface area contributed by atoms with Crippen molar-refractivity contribution in [3.05, 3.63) is 113 Å². The highest BCUT2D eigenvalue weighted by Crippen LogP contribution is 2.35. The van der Waals surface area contributed by atoms with Crippen molar-refractivity contribution in [2.24, 2.45) is 0 Å². The fourth-order valence-corrected chi connectivity index (χ4v) is 5.39. The first-order valence-corrected chi connectivity index (χ1v) is 13.1. The molecule has 2 aliphatic rings. The topological polar surface area (TPSA) is 77.9 Å². The van der Waals surface area contributed by atoms with E-state index in [1.807, 2.05) is 61.7 Å². The Hall–Kier alpha value is -4.92. The molecule has 0 saturated carbocycles. The van der Waals surface area contributed by atoms with Gasteiger partial charge in [-0.15, -0.1) is 0 Å². The van der Waals surface area contributed by atoms with Gasteiger partial charge in [0, 0.05) is 43.3 Å². The number of rotatable bonds is 3. The summed E-state index contributed by atoms with van der Waals surface area (Å²) in [5.41, 5.74) is 5.62. The van der Waals surface area contributed by atoms with Crippen LogP contribution in [0.3, 0.4) is 0 Å². The minimum Gasteiger partial charge on any atom is -0.345 e. The van der Waals surface area contributed by atoms with E-state index in [1.54, 1.807) is 24.1 Å². The molecule has 3 aromatic carbocycles. The lowest BCUT2D eigenvalue weighted by atomic mass is 10.0. The molecular formula is C31H28FN5O3. The highest BCUT2D eigenvalue weighted by atomic mass is 19.1. The van der Waals surface area contributed by atoms with Gasteiger partial charge in [-0.2, -0.15) is 0 Å². The Bertz CT molecular complexity index is 1660. The van der Waals surface area contributed by atoms with Gasteiger partial charge in [0.15, 0.2) is 0 Å². The van der Waals surface area contributed by atoms with Gasteiger partial charge in [0.2, 0.25) is 5.91 Å². The fraction of sp³-hybridized carbons (Fsp3) is 0.194. The Morgan fingerprint density at radius 2 is 1.70 bits per heavy atom. The van der Waals surface area contributed by atoms with Gasteiger partial charge >= 0.3 is 6.03 Å². The lowest BCUT2D eigenvalue weighted by Gasteiger charge is -2.34. The van der Waals surface area contributed by atoms with E-state index in [1.165, 1.54) is 17.0 Å². The van der Waals surface area contributed by atoms with Crippen LogP contribution in [0.25, 0.3) is 0 Å². The molecule has 0 atom stereocenters. The number of urea groups is 1. The Balaban J connectivity index is 1.20. The van der Waals surface area contributed by atoms with Crippen LogP contribution >= 0.6 is 0 Å². The maximum atomic E-state index is 14.7. The van der Waals surface area contributed by atoms with Crippen LogP contribution in [0.2, 0.25) is 0 Å². The van der Waals surface area contributed by atoms with Crippen molar-refractivity contribution < 1.29 is 18.8 Å². The molecule has 8 nitrogen and oxygen atoms in total. The van der Waals surface area contributed by atoms with Crippen molar-refractivity contribution >= 4 is 34.9 Å². The number of carbonyl (C=O) groups excluding carboxylic acids is 3. The van der Waals surface area contributed by atoms with E-state index in [4.69, 9.17) is 0 Å². The summed E-state index contributed by atoms with van der Waals surface area (Å²) in [7, 11) is 1.56. The fourth-order valence-electron chi connectivity index (χ4n) is 5.39. The number of halogens is 1. The quantitative estimate of drug-likeness (QED) is 0.407. The smallest absolute Gasteiger partial charge is 0.322 e. The van der Waals surface area contributed by atoms with Crippen molar-refractivity contribution in [1.29, 1.82) is 0 Å². The van der Waals surface area contributed by atoms with Crippen molar-refractivity contribution in [2.45, 2.75) is 26.6 Å². The molecule has 0 unspecified atom stereocenters. The van der Waals surface area contributed by atoms with Gasteiger partial charge in [-0.1, -0.05) is 30.3 Å². The highest BCUT2D eigenvalue weighted by molar-refractivity contribution is 6.10. The van der Waals surface area contributed by atoms with Crippen LogP contribution in [0.5, 0.6) is 0 Å². The zero-order chi connectivity index (χ0) is 28.0. The first-order chi connectivity index (χ1) is 19.3. The summed E-state index contributed by atoms with van der Waals surface area (Å²) in [5.74, 6) is -0.994. The summed E-state index contributed by atoms with van der Waals surface area (Å²) in [6.45, 7) is 2.94. The van der Waals surface area contributed by atoms with E-state index in [9.17, 15) is 18.8 Å². The number of likely N-dealkylation sites (N-methyl/N-ethyl adjacent to an activating group) is 1. The second-order valence-corrected chi connectivity index (χ2v) is 10.1. The number of aryl methyl sites for hydroxylation is 1. The van der Waals surface area contributed by atoms with E-state index >= 15 is 0 Å². The zero-order valence-electron chi connectivity index (χ0n) is 22.2. The molecule has 40 heavy (non-hydrogen) atoms. The van der Waals surface area contributed by atoms with E-state index in [2.05, 4.69) is 9.88 Å². The maximum Gasteiger partial charge on any atom is 0.322 e. The molecule has 0 fully saturated rings. The number of nitrogens with one attached hydrogen (secondary N) is 1. The molecule has 0 aliphatic carbocycles. The second kappa shape index (κ2) is 10.00. The molecule has 0 radical (unpaired) electrons. The molecule has 0 spiro atoms. The summed E-state index contributed by atoms with van der Waals surface area (Å²) >= 11 is 0. The first-order valence-electron chi connectivity index (χ1n) is 13.1. The summed E-state index contributed by atoms with van der Waals surface area (Å²) in [6, 6.07) is 21.2. The van der Waals surface area contributed by atoms with E-state index in [-0.39, 0.29) is 30.6 Å². The molecule has 2 aliphatic heterocycles. The summed E-state index contributed by atoms with van der Waals surface area (Å²) < 4.78 is 16.8. The third-order valence-corrected chi connectivity index (χ3v) is 7.64. The number of nitrogens with zero attached hydrogens (tertiary/aromatic N) is 4. The van der Waals surface area contributed by atoms with Crippen LogP contribution in [0.4, 0.5) is 26.2 Å². The molecule has 0 saturated heterocycles. The molecule has 0 bridgehead atoms. The molecule has 1 N–H and O–H groups in total.